The van der Waals surface area contributed by atoms with Gasteiger partial charge in [0, 0.05) is 6.07 Å². The molecule has 0 aliphatic rings. The molecule has 1 atom stereocenters. The number of aliphatic carboxylic acids is 1. The van der Waals surface area contributed by atoms with Gasteiger partial charge in [0.05, 0.1) is 17.4 Å². The molecule has 0 aromatic heterocycles. The predicted octanol–water partition coefficient (Wildman–Crippen LogP) is 2.34. The lowest BCUT2D eigenvalue weighted by molar-refractivity contribution is -0.385. The fourth-order valence-corrected chi connectivity index (χ4v) is 1.76. The third-order valence-corrected chi connectivity index (χ3v) is 2.64. The molecule has 1 aromatic rings. The monoisotopic (exact) mass is 340 g/mol. The van der Waals surface area contributed by atoms with Crippen molar-refractivity contribution >= 4 is 17.7 Å². The molecule has 24 heavy (non-hydrogen) atoms. The van der Waals surface area contributed by atoms with E-state index in [1.807, 2.05) is 0 Å². The highest BCUT2D eigenvalue weighted by atomic mass is 16.6. The molecule has 1 amide bonds. The van der Waals surface area contributed by atoms with Gasteiger partial charge in [-0.15, -0.1) is 0 Å². The summed E-state index contributed by atoms with van der Waals surface area (Å²) in [7, 11) is 0. The number of amides is 1. The van der Waals surface area contributed by atoms with Crippen LogP contribution in [0, 0.1) is 10.1 Å². The molecule has 0 heterocycles. The summed E-state index contributed by atoms with van der Waals surface area (Å²) in [6.45, 7) is 4.75. The normalized spacial score (nSPS) is 12.1. The molecule has 0 fully saturated rings. The average molecular weight is 340 g/mol. The first-order chi connectivity index (χ1) is 11.1. The molecule has 1 rings (SSSR count). The Morgan fingerprint density at radius 2 is 1.96 bits per heavy atom. The molecule has 0 saturated heterocycles. The number of hydrogen-bond acceptors (Lipinski definition) is 6. The van der Waals surface area contributed by atoms with Gasteiger partial charge in [-0.2, -0.15) is 0 Å². The topological polar surface area (TPSA) is 128 Å². The number of nitrogens with one attached hydrogen (secondary N) is 1. The molecule has 1 aromatic carbocycles. The quantitative estimate of drug-likeness (QED) is 0.576. The molecule has 0 bridgehead atoms. The van der Waals surface area contributed by atoms with E-state index in [9.17, 15) is 19.7 Å². The molecule has 132 valence electrons. The van der Waals surface area contributed by atoms with Gasteiger partial charge in [0.25, 0.3) is 0 Å². The van der Waals surface area contributed by atoms with Crippen LogP contribution in [0.3, 0.4) is 0 Å². The summed E-state index contributed by atoms with van der Waals surface area (Å²) in [6.07, 6.45) is -1.21. The number of carboxylic acid groups (broad SMARTS) is 1. The van der Waals surface area contributed by atoms with Crippen LogP contribution < -0.4 is 10.1 Å². The zero-order valence-corrected chi connectivity index (χ0v) is 13.6. The van der Waals surface area contributed by atoms with Crippen LogP contribution in [-0.4, -0.2) is 40.3 Å². The number of carbonyl (C=O) groups excluding carboxylic acids is 1. The van der Waals surface area contributed by atoms with E-state index >= 15 is 0 Å². The Morgan fingerprint density at radius 1 is 1.33 bits per heavy atom. The van der Waals surface area contributed by atoms with Crippen LogP contribution >= 0.6 is 0 Å². The van der Waals surface area contributed by atoms with Crippen molar-refractivity contribution < 1.29 is 29.1 Å². The van der Waals surface area contributed by atoms with E-state index in [-0.39, 0.29) is 18.0 Å². The number of rotatable bonds is 7. The van der Waals surface area contributed by atoms with Crippen molar-refractivity contribution in [3.05, 3.63) is 34.4 Å². The summed E-state index contributed by atoms with van der Waals surface area (Å²) in [5.74, 6) is -1.16. The Hall–Kier alpha value is -2.84. The highest BCUT2D eigenvalue weighted by Gasteiger charge is 2.23. The second-order valence-electron chi connectivity index (χ2n) is 5.98. The van der Waals surface area contributed by atoms with Gasteiger partial charge in [-0.1, -0.05) is 12.1 Å². The van der Waals surface area contributed by atoms with E-state index in [0.717, 1.165) is 0 Å². The Kier molecular flexibility index (Phi) is 6.51. The van der Waals surface area contributed by atoms with Gasteiger partial charge < -0.3 is 19.9 Å². The minimum Gasteiger partial charge on any atom is -0.485 e. The number of alkyl carbamates (subject to hydrolysis) is 1. The smallest absolute Gasteiger partial charge is 0.408 e. The van der Waals surface area contributed by atoms with E-state index in [0.29, 0.717) is 0 Å². The van der Waals surface area contributed by atoms with Gasteiger partial charge in [0.15, 0.2) is 5.75 Å². The number of nitro groups is 1. The number of para-hydroxylation sites is 2. The second-order valence-corrected chi connectivity index (χ2v) is 5.98. The van der Waals surface area contributed by atoms with Gasteiger partial charge in [0.1, 0.15) is 12.2 Å². The van der Waals surface area contributed by atoms with Crippen LogP contribution in [0.4, 0.5) is 10.5 Å². The molecule has 0 aliphatic heterocycles. The molecular weight excluding hydrogens is 320 g/mol. The maximum absolute atomic E-state index is 11.7. The van der Waals surface area contributed by atoms with Crippen molar-refractivity contribution in [2.75, 3.05) is 6.61 Å². The summed E-state index contributed by atoms with van der Waals surface area (Å²) in [5.41, 5.74) is -0.986. The van der Waals surface area contributed by atoms with E-state index in [2.05, 4.69) is 5.32 Å². The Balaban J connectivity index is 2.75. The number of hydrogen-bond donors (Lipinski definition) is 2. The third kappa shape index (κ3) is 6.95. The lowest BCUT2D eigenvalue weighted by Crippen LogP contribution is -2.43. The summed E-state index contributed by atoms with van der Waals surface area (Å²) in [5, 5.41) is 22.2. The van der Waals surface area contributed by atoms with Crippen molar-refractivity contribution in [3.8, 4) is 5.75 Å². The van der Waals surface area contributed by atoms with Crippen LogP contribution in [0.1, 0.15) is 27.2 Å². The average Bonchev–Trinajstić information content (AvgIpc) is 2.42. The second kappa shape index (κ2) is 8.14. The summed E-state index contributed by atoms with van der Waals surface area (Å²) < 4.78 is 10.4. The van der Waals surface area contributed by atoms with Crippen LogP contribution in [-0.2, 0) is 9.53 Å². The molecule has 0 saturated carbocycles. The highest BCUT2D eigenvalue weighted by Crippen LogP contribution is 2.25. The summed E-state index contributed by atoms with van der Waals surface area (Å²) >= 11 is 0. The maximum Gasteiger partial charge on any atom is 0.408 e. The predicted molar refractivity (Wildman–Crippen MR) is 84.0 cm³/mol. The van der Waals surface area contributed by atoms with Crippen molar-refractivity contribution in [1.82, 2.24) is 5.32 Å². The molecule has 0 aliphatic carbocycles. The molecule has 9 nitrogen and oxygen atoms in total. The SMILES string of the molecule is CC(C)(C)OC(=O)NC(COc1ccccc1[N+](=O)[O-])CC(=O)O. The van der Waals surface area contributed by atoms with E-state index in [4.69, 9.17) is 14.6 Å². The lowest BCUT2D eigenvalue weighted by atomic mass is 10.2. The van der Waals surface area contributed by atoms with Crippen molar-refractivity contribution in [3.63, 3.8) is 0 Å². The van der Waals surface area contributed by atoms with Crippen LogP contribution in [0.15, 0.2) is 24.3 Å². The molecule has 2 N–H and O–H groups in total. The number of carbonyl (C=O) groups is 2. The molecule has 9 heteroatoms. The molecule has 1 unspecified atom stereocenters. The zero-order valence-electron chi connectivity index (χ0n) is 13.6. The molecular formula is C15H20N2O7. The first-order valence-electron chi connectivity index (χ1n) is 7.16. The first-order valence-corrected chi connectivity index (χ1v) is 7.16. The van der Waals surface area contributed by atoms with Crippen LogP contribution in [0.5, 0.6) is 5.75 Å². The maximum atomic E-state index is 11.7. The third-order valence-electron chi connectivity index (χ3n) is 2.64. The van der Waals surface area contributed by atoms with Gasteiger partial charge in [-0.05, 0) is 26.8 Å². The fourth-order valence-electron chi connectivity index (χ4n) is 1.76. The largest absolute Gasteiger partial charge is 0.485 e. The number of ether oxygens (including phenoxy) is 2. The van der Waals surface area contributed by atoms with Crippen molar-refractivity contribution in [2.24, 2.45) is 0 Å². The minimum atomic E-state index is -1.15. The Bertz CT molecular complexity index is 610. The number of benzene rings is 1. The van der Waals surface area contributed by atoms with Crippen LogP contribution in [0.25, 0.3) is 0 Å². The highest BCUT2D eigenvalue weighted by molar-refractivity contribution is 5.71. The summed E-state index contributed by atoms with van der Waals surface area (Å²) in [4.78, 5) is 33.0. The summed E-state index contributed by atoms with van der Waals surface area (Å²) in [6, 6.07) is 4.79. The lowest BCUT2D eigenvalue weighted by Gasteiger charge is -2.23. The van der Waals surface area contributed by atoms with E-state index in [1.165, 1.54) is 18.2 Å². The van der Waals surface area contributed by atoms with Gasteiger partial charge in [0.2, 0.25) is 0 Å². The molecule has 0 radical (unpaired) electrons. The van der Waals surface area contributed by atoms with Gasteiger partial charge in [-0.3, -0.25) is 14.9 Å². The number of nitrogens with zero attached hydrogens (tertiary/aromatic N) is 1. The van der Waals surface area contributed by atoms with Crippen molar-refractivity contribution in [2.45, 2.75) is 38.8 Å². The fraction of sp³-hybridized carbons (Fsp3) is 0.467. The first kappa shape index (κ1) is 19.2. The van der Waals surface area contributed by atoms with Gasteiger partial charge in [-0.25, -0.2) is 4.79 Å². The number of nitro benzene ring substituents is 1. The Labute approximate surface area is 138 Å². The van der Waals surface area contributed by atoms with E-state index < -0.39 is 35.0 Å². The number of carboxylic acids is 1. The van der Waals surface area contributed by atoms with Gasteiger partial charge >= 0.3 is 17.7 Å². The van der Waals surface area contributed by atoms with Crippen LogP contribution in [0.2, 0.25) is 0 Å². The standard InChI is InChI=1S/C15H20N2O7/c1-15(2,3)24-14(20)16-10(8-13(18)19)9-23-12-7-5-4-6-11(12)17(21)22/h4-7,10H,8-9H2,1-3H3,(H,16,20)(H,18,19). The zero-order chi connectivity index (χ0) is 18.3. The minimum absolute atomic E-state index is 0.0103. The van der Waals surface area contributed by atoms with E-state index in [1.54, 1.807) is 26.8 Å². The van der Waals surface area contributed by atoms with Crippen molar-refractivity contribution in [1.29, 1.82) is 0 Å². The molecule has 0 spiro atoms. The Morgan fingerprint density at radius 3 is 2.50 bits per heavy atom.